The van der Waals surface area contributed by atoms with Gasteiger partial charge in [0, 0.05) is 23.1 Å². The number of carboxylic acids is 1. The number of pyridine rings is 1. The van der Waals surface area contributed by atoms with Crippen LogP contribution >= 0.6 is 0 Å². The normalized spacial score (nSPS) is 10.9. The molecular weight excluding hydrogens is 295 g/mol. The molecule has 1 N–H and O–H groups in total. The number of carbonyl (C=O) groups is 1. The maximum atomic E-state index is 14.0. The zero-order valence-electron chi connectivity index (χ0n) is 11.0. The summed E-state index contributed by atoms with van der Waals surface area (Å²) in [7, 11) is 0. The second-order valence-electron chi connectivity index (χ2n) is 4.62. The van der Waals surface area contributed by atoms with E-state index in [0.717, 1.165) is 0 Å². The molecule has 3 rings (SSSR count). The second-order valence-corrected chi connectivity index (χ2v) is 4.62. The zero-order valence-corrected chi connectivity index (χ0v) is 11.0. The average Bonchev–Trinajstić information content (AvgIpc) is 2.45. The smallest absolute Gasteiger partial charge is 0.354 e. The minimum atomic E-state index is -1.25. The van der Waals surface area contributed by atoms with Crippen molar-refractivity contribution in [1.82, 2.24) is 4.98 Å². The molecule has 0 aliphatic rings. The van der Waals surface area contributed by atoms with Gasteiger partial charge >= 0.3 is 5.97 Å². The summed E-state index contributed by atoms with van der Waals surface area (Å²) in [6.45, 7) is 0. The molecule has 110 valence electrons. The highest BCUT2D eigenvalue weighted by Gasteiger charge is 2.17. The Hall–Kier alpha value is -2.89. The van der Waals surface area contributed by atoms with Crippen molar-refractivity contribution in [3.05, 3.63) is 65.6 Å². The Labute approximate surface area is 122 Å². The average molecular weight is 303 g/mol. The molecule has 0 spiro atoms. The lowest BCUT2D eigenvalue weighted by Gasteiger charge is -2.09. The third-order valence-electron chi connectivity index (χ3n) is 3.22. The molecule has 22 heavy (non-hydrogen) atoms. The molecule has 3 aromatic rings. The highest BCUT2D eigenvalue weighted by atomic mass is 19.1. The Kier molecular flexibility index (Phi) is 3.29. The predicted octanol–water partition coefficient (Wildman–Crippen LogP) is 4.02. The van der Waals surface area contributed by atoms with Gasteiger partial charge in [-0.05, 0) is 6.07 Å². The van der Waals surface area contributed by atoms with Gasteiger partial charge in [-0.15, -0.1) is 0 Å². The number of aromatic carboxylic acids is 1. The van der Waals surface area contributed by atoms with Gasteiger partial charge in [0.15, 0.2) is 0 Å². The van der Waals surface area contributed by atoms with Crippen LogP contribution in [0.25, 0.3) is 22.0 Å². The fourth-order valence-corrected chi connectivity index (χ4v) is 2.27. The van der Waals surface area contributed by atoms with Crippen LogP contribution in [-0.4, -0.2) is 16.1 Å². The van der Waals surface area contributed by atoms with E-state index in [9.17, 15) is 18.0 Å². The fourth-order valence-electron chi connectivity index (χ4n) is 2.27. The largest absolute Gasteiger partial charge is 0.477 e. The molecule has 0 radical (unpaired) electrons. The van der Waals surface area contributed by atoms with Gasteiger partial charge in [0.05, 0.1) is 11.1 Å². The highest BCUT2D eigenvalue weighted by Crippen LogP contribution is 2.32. The summed E-state index contributed by atoms with van der Waals surface area (Å²) in [5.74, 6) is -4.44. The molecule has 0 atom stereocenters. The van der Waals surface area contributed by atoms with Gasteiger partial charge in [0.25, 0.3) is 0 Å². The van der Waals surface area contributed by atoms with Crippen molar-refractivity contribution in [2.24, 2.45) is 0 Å². The first-order chi connectivity index (χ1) is 10.5. The Morgan fingerprint density at radius 2 is 1.68 bits per heavy atom. The first-order valence-electron chi connectivity index (χ1n) is 6.25. The quantitative estimate of drug-likeness (QED) is 0.778. The third-order valence-corrected chi connectivity index (χ3v) is 3.22. The van der Waals surface area contributed by atoms with Gasteiger partial charge in [-0.25, -0.2) is 22.9 Å². The van der Waals surface area contributed by atoms with Crippen LogP contribution in [0, 0.1) is 17.5 Å². The molecule has 0 bridgehead atoms. The monoisotopic (exact) mass is 303 g/mol. The summed E-state index contributed by atoms with van der Waals surface area (Å²) in [5, 5.41) is 9.51. The van der Waals surface area contributed by atoms with E-state index in [-0.39, 0.29) is 16.8 Å². The lowest BCUT2D eigenvalue weighted by atomic mass is 10.0. The Morgan fingerprint density at radius 1 is 1.00 bits per heavy atom. The molecular formula is C16H8F3NO2. The summed E-state index contributed by atoms with van der Waals surface area (Å²) in [5.41, 5.74) is -0.493. The van der Waals surface area contributed by atoms with Crippen LogP contribution in [0.3, 0.4) is 0 Å². The van der Waals surface area contributed by atoms with Crippen LogP contribution in [-0.2, 0) is 0 Å². The Morgan fingerprint density at radius 3 is 2.32 bits per heavy atom. The Bertz CT molecular complexity index is 886. The highest BCUT2D eigenvalue weighted by molar-refractivity contribution is 5.97. The van der Waals surface area contributed by atoms with E-state index in [1.807, 2.05) is 0 Å². The van der Waals surface area contributed by atoms with Crippen molar-refractivity contribution < 1.29 is 23.1 Å². The van der Waals surface area contributed by atoms with E-state index in [0.29, 0.717) is 17.5 Å². The number of para-hydroxylation sites is 1. The molecule has 6 heteroatoms. The Balaban J connectivity index is 2.36. The van der Waals surface area contributed by atoms with E-state index in [4.69, 9.17) is 5.11 Å². The lowest BCUT2D eigenvalue weighted by Crippen LogP contribution is -2.01. The van der Waals surface area contributed by atoms with Crippen molar-refractivity contribution in [3.8, 4) is 11.1 Å². The van der Waals surface area contributed by atoms with E-state index >= 15 is 0 Å². The fraction of sp³-hybridized carbons (Fsp3) is 0. The first-order valence-corrected chi connectivity index (χ1v) is 6.25. The number of rotatable bonds is 2. The SMILES string of the molecule is O=C(O)c1ccc2cccc(-c3c(F)cc(F)cc3F)c2n1. The van der Waals surface area contributed by atoms with E-state index in [2.05, 4.69) is 4.98 Å². The lowest BCUT2D eigenvalue weighted by molar-refractivity contribution is 0.0691. The molecule has 0 saturated carbocycles. The topological polar surface area (TPSA) is 50.2 Å². The van der Waals surface area contributed by atoms with Crippen LogP contribution in [0.15, 0.2) is 42.5 Å². The maximum Gasteiger partial charge on any atom is 0.354 e. The van der Waals surface area contributed by atoms with Crippen LogP contribution < -0.4 is 0 Å². The number of halogens is 3. The summed E-state index contributed by atoms with van der Waals surface area (Å²) < 4.78 is 41.0. The summed E-state index contributed by atoms with van der Waals surface area (Å²) in [4.78, 5) is 14.9. The number of carboxylic acid groups (broad SMARTS) is 1. The van der Waals surface area contributed by atoms with Crippen molar-refractivity contribution in [2.75, 3.05) is 0 Å². The van der Waals surface area contributed by atoms with Crippen LogP contribution in [0.5, 0.6) is 0 Å². The summed E-state index contributed by atoms with van der Waals surface area (Å²) >= 11 is 0. The van der Waals surface area contributed by atoms with Crippen LogP contribution in [0.2, 0.25) is 0 Å². The zero-order chi connectivity index (χ0) is 15.9. The van der Waals surface area contributed by atoms with Crippen LogP contribution in [0.4, 0.5) is 13.2 Å². The van der Waals surface area contributed by atoms with Crippen molar-refractivity contribution in [3.63, 3.8) is 0 Å². The van der Waals surface area contributed by atoms with Crippen molar-refractivity contribution in [1.29, 1.82) is 0 Å². The number of hydrogen-bond donors (Lipinski definition) is 1. The number of fused-ring (bicyclic) bond motifs is 1. The second kappa shape index (κ2) is 5.14. The molecule has 0 amide bonds. The van der Waals surface area contributed by atoms with Gasteiger partial charge in [-0.2, -0.15) is 0 Å². The number of nitrogens with zero attached hydrogens (tertiary/aromatic N) is 1. The van der Waals surface area contributed by atoms with Crippen molar-refractivity contribution in [2.45, 2.75) is 0 Å². The molecule has 2 aromatic carbocycles. The molecule has 1 heterocycles. The van der Waals surface area contributed by atoms with E-state index in [1.54, 1.807) is 12.1 Å². The third kappa shape index (κ3) is 2.28. The van der Waals surface area contributed by atoms with E-state index < -0.39 is 29.0 Å². The van der Waals surface area contributed by atoms with Crippen molar-refractivity contribution >= 4 is 16.9 Å². The minimum absolute atomic E-state index is 0.0654. The van der Waals surface area contributed by atoms with Gasteiger partial charge < -0.3 is 5.11 Å². The number of hydrogen-bond acceptors (Lipinski definition) is 2. The van der Waals surface area contributed by atoms with Gasteiger partial charge in [-0.3, -0.25) is 0 Å². The molecule has 0 aliphatic heterocycles. The molecule has 0 unspecified atom stereocenters. The molecule has 0 saturated heterocycles. The van der Waals surface area contributed by atoms with E-state index in [1.165, 1.54) is 18.2 Å². The number of benzene rings is 2. The van der Waals surface area contributed by atoms with Crippen LogP contribution in [0.1, 0.15) is 10.5 Å². The summed E-state index contributed by atoms with van der Waals surface area (Å²) in [6.07, 6.45) is 0. The first kappa shape index (κ1) is 14.1. The van der Waals surface area contributed by atoms with Gasteiger partial charge in [-0.1, -0.05) is 24.3 Å². The molecule has 0 fully saturated rings. The minimum Gasteiger partial charge on any atom is -0.477 e. The van der Waals surface area contributed by atoms with Gasteiger partial charge in [0.2, 0.25) is 0 Å². The molecule has 3 nitrogen and oxygen atoms in total. The maximum absolute atomic E-state index is 14.0. The molecule has 1 aromatic heterocycles. The summed E-state index contributed by atoms with van der Waals surface area (Å²) in [6, 6.07) is 8.52. The predicted molar refractivity (Wildman–Crippen MR) is 74.0 cm³/mol. The molecule has 0 aliphatic carbocycles. The standard InChI is InChI=1S/C16H8F3NO2/c17-9-6-11(18)14(12(19)7-9)10-3-1-2-8-4-5-13(16(21)22)20-15(8)10/h1-7H,(H,21,22). The van der Waals surface area contributed by atoms with Gasteiger partial charge in [0.1, 0.15) is 23.1 Å². The number of aromatic nitrogens is 1.